The highest BCUT2D eigenvalue weighted by Gasteiger charge is 2.13. The van der Waals surface area contributed by atoms with Crippen LogP contribution in [0.25, 0.3) is 16.6 Å². The molecule has 0 bridgehead atoms. The molecule has 0 aliphatic heterocycles. The number of hydrogen-bond donors (Lipinski definition) is 2. The summed E-state index contributed by atoms with van der Waals surface area (Å²) in [5.41, 5.74) is 1.48. The summed E-state index contributed by atoms with van der Waals surface area (Å²) in [6.07, 6.45) is 0.836. The van der Waals surface area contributed by atoms with E-state index in [4.69, 9.17) is 17.0 Å². The summed E-state index contributed by atoms with van der Waals surface area (Å²) in [5.74, 6) is -0.668. The quantitative estimate of drug-likeness (QED) is 0.496. The Balaban J connectivity index is 2.02. The molecule has 0 aliphatic carbocycles. The van der Waals surface area contributed by atoms with Crippen LogP contribution in [0.2, 0.25) is 0 Å². The Morgan fingerprint density at radius 1 is 1.17 bits per heavy atom. The van der Waals surface area contributed by atoms with Crippen LogP contribution >= 0.6 is 12.2 Å². The van der Waals surface area contributed by atoms with E-state index in [1.54, 1.807) is 30.3 Å². The van der Waals surface area contributed by atoms with Gasteiger partial charge in [-0.3, -0.25) is 14.2 Å². The van der Waals surface area contributed by atoms with Crippen molar-refractivity contribution < 1.29 is 14.3 Å². The summed E-state index contributed by atoms with van der Waals surface area (Å²) in [6, 6.07) is 11.3. The normalized spacial score (nSPS) is 11.8. The van der Waals surface area contributed by atoms with Gasteiger partial charge in [0.1, 0.15) is 0 Å². The molecule has 0 saturated carbocycles. The molecule has 2 aromatic carbocycles. The number of amides is 1. The molecule has 3 aromatic rings. The number of nitrogens with zero attached hydrogens (tertiary/aromatic N) is 1. The first-order valence-corrected chi connectivity index (χ1v) is 9.55. The third-order valence-electron chi connectivity index (χ3n) is 4.70. The van der Waals surface area contributed by atoms with Gasteiger partial charge in [0.25, 0.3) is 11.5 Å². The molecule has 0 aliphatic rings. The fraction of sp³-hybridized carbons (Fsp3) is 0.238. The Kier molecular flexibility index (Phi) is 5.93. The van der Waals surface area contributed by atoms with Gasteiger partial charge in [0, 0.05) is 11.6 Å². The van der Waals surface area contributed by atoms with Crippen LogP contribution in [0.1, 0.15) is 41.0 Å². The summed E-state index contributed by atoms with van der Waals surface area (Å²) in [7, 11) is 1.29. The second-order valence-electron chi connectivity index (χ2n) is 6.65. The van der Waals surface area contributed by atoms with Crippen LogP contribution in [0, 0.1) is 4.77 Å². The number of hydrogen-bond acceptors (Lipinski definition) is 5. The summed E-state index contributed by atoms with van der Waals surface area (Å²) >= 11 is 5.36. The average Bonchev–Trinajstić information content (AvgIpc) is 2.73. The van der Waals surface area contributed by atoms with E-state index in [9.17, 15) is 14.4 Å². The van der Waals surface area contributed by atoms with Crippen LogP contribution < -0.4 is 10.9 Å². The molecule has 0 spiro atoms. The van der Waals surface area contributed by atoms with Crippen molar-refractivity contribution in [2.45, 2.75) is 26.3 Å². The number of fused-ring (bicyclic) bond motifs is 1. The summed E-state index contributed by atoms with van der Waals surface area (Å²) < 4.78 is 6.24. The van der Waals surface area contributed by atoms with E-state index >= 15 is 0 Å². The lowest BCUT2D eigenvalue weighted by molar-refractivity contribution is 0.0600. The Labute approximate surface area is 172 Å². The highest BCUT2D eigenvalue weighted by atomic mass is 32.1. The van der Waals surface area contributed by atoms with Crippen molar-refractivity contribution in [1.29, 1.82) is 0 Å². The number of H-pyrrole nitrogens is 1. The number of nitrogens with one attached hydrogen (secondary N) is 2. The molecule has 1 heterocycles. The summed E-state index contributed by atoms with van der Waals surface area (Å²) in [6.45, 7) is 3.93. The fourth-order valence-electron chi connectivity index (χ4n) is 2.87. The number of esters is 1. The molecule has 3 rings (SSSR count). The van der Waals surface area contributed by atoms with Gasteiger partial charge in [-0.15, -0.1) is 0 Å². The molecule has 8 heteroatoms. The van der Waals surface area contributed by atoms with Gasteiger partial charge in [-0.05, 0) is 68.0 Å². The molecule has 1 aromatic heterocycles. The first-order chi connectivity index (χ1) is 13.8. The zero-order valence-electron chi connectivity index (χ0n) is 16.3. The first-order valence-electron chi connectivity index (χ1n) is 9.14. The maximum Gasteiger partial charge on any atom is 0.337 e. The van der Waals surface area contributed by atoms with Gasteiger partial charge in [0.05, 0.1) is 29.3 Å². The van der Waals surface area contributed by atoms with Crippen molar-refractivity contribution in [2.75, 3.05) is 7.11 Å². The fourth-order valence-corrected chi connectivity index (χ4v) is 3.17. The molecule has 29 heavy (non-hydrogen) atoms. The lowest BCUT2D eigenvalue weighted by atomic mass is 10.1. The van der Waals surface area contributed by atoms with Crippen molar-refractivity contribution in [3.8, 4) is 5.69 Å². The summed E-state index contributed by atoms with van der Waals surface area (Å²) in [5, 5.41) is 3.28. The average molecular weight is 411 g/mol. The number of carbonyl (C=O) groups excluding carboxylic acids is 2. The van der Waals surface area contributed by atoms with E-state index < -0.39 is 5.97 Å². The molecule has 0 saturated heterocycles. The van der Waals surface area contributed by atoms with Gasteiger partial charge in [-0.1, -0.05) is 6.92 Å². The van der Waals surface area contributed by atoms with Crippen LogP contribution in [-0.2, 0) is 4.74 Å². The largest absolute Gasteiger partial charge is 0.465 e. The van der Waals surface area contributed by atoms with Gasteiger partial charge in [-0.2, -0.15) is 0 Å². The zero-order chi connectivity index (χ0) is 21.1. The SMILES string of the molecule is CC[C@@H](C)NC(=O)c1ccc(-n2c(=S)[nH]c3cc(C(=O)OC)ccc3c2=O)cc1. The number of aromatic nitrogens is 2. The maximum atomic E-state index is 13.0. The van der Waals surface area contributed by atoms with Gasteiger partial charge < -0.3 is 15.0 Å². The molecule has 0 fully saturated rings. The van der Waals surface area contributed by atoms with Gasteiger partial charge in [-0.25, -0.2) is 4.79 Å². The Hall–Kier alpha value is -3.26. The molecule has 150 valence electrons. The number of benzene rings is 2. The van der Waals surface area contributed by atoms with Crippen LogP contribution in [0.15, 0.2) is 47.3 Å². The van der Waals surface area contributed by atoms with E-state index in [2.05, 4.69) is 10.3 Å². The van der Waals surface area contributed by atoms with Crippen molar-refractivity contribution in [3.05, 3.63) is 68.7 Å². The minimum atomic E-state index is -0.498. The third kappa shape index (κ3) is 4.12. The van der Waals surface area contributed by atoms with Crippen molar-refractivity contribution >= 4 is 35.0 Å². The lowest BCUT2D eigenvalue weighted by Gasteiger charge is -2.12. The van der Waals surface area contributed by atoms with Crippen molar-refractivity contribution in [1.82, 2.24) is 14.9 Å². The molecule has 1 amide bonds. The van der Waals surface area contributed by atoms with Gasteiger partial charge in [0.15, 0.2) is 4.77 Å². The topological polar surface area (TPSA) is 93.2 Å². The minimum Gasteiger partial charge on any atom is -0.465 e. The number of carbonyl (C=O) groups is 2. The highest BCUT2D eigenvalue weighted by Crippen LogP contribution is 2.15. The number of aromatic amines is 1. The summed E-state index contributed by atoms with van der Waals surface area (Å²) in [4.78, 5) is 39.9. The van der Waals surface area contributed by atoms with Crippen LogP contribution in [0.5, 0.6) is 0 Å². The van der Waals surface area contributed by atoms with E-state index in [0.29, 0.717) is 27.7 Å². The smallest absolute Gasteiger partial charge is 0.337 e. The molecule has 7 nitrogen and oxygen atoms in total. The van der Waals surface area contributed by atoms with Crippen LogP contribution in [0.3, 0.4) is 0 Å². The molecule has 0 unspecified atom stereocenters. The standard InChI is InChI=1S/C21H21N3O4S/c1-4-12(2)22-18(25)13-5-8-15(9-6-13)24-19(26)16-10-7-14(20(27)28-3)11-17(16)23-21(24)29/h5-12H,4H2,1-3H3,(H,22,25)(H,23,29)/t12-/m1/s1. The van der Waals surface area contributed by atoms with E-state index in [1.165, 1.54) is 23.8 Å². The zero-order valence-corrected chi connectivity index (χ0v) is 17.1. The molecule has 2 N–H and O–H groups in total. The number of ether oxygens (including phenoxy) is 1. The minimum absolute atomic E-state index is 0.0778. The van der Waals surface area contributed by atoms with Crippen LogP contribution in [-0.4, -0.2) is 34.6 Å². The highest BCUT2D eigenvalue weighted by molar-refractivity contribution is 7.71. The predicted octanol–water partition coefficient (Wildman–Crippen LogP) is 3.36. The molecule has 0 radical (unpaired) electrons. The van der Waals surface area contributed by atoms with Gasteiger partial charge >= 0.3 is 5.97 Å². The molecule has 1 atom stereocenters. The monoisotopic (exact) mass is 411 g/mol. The molecular formula is C21H21N3O4S. The second-order valence-corrected chi connectivity index (χ2v) is 7.04. The third-order valence-corrected chi connectivity index (χ3v) is 4.98. The van der Waals surface area contributed by atoms with Crippen molar-refractivity contribution in [3.63, 3.8) is 0 Å². The van der Waals surface area contributed by atoms with E-state index in [-0.39, 0.29) is 22.3 Å². The maximum absolute atomic E-state index is 13.0. The van der Waals surface area contributed by atoms with Crippen molar-refractivity contribution in [2.24, 2.45) is 0 Å². The van der Waals surface area contributed by atoms with Gasteiger partial charge in [0.2, 0.25) is 0 Å². The predicted molar refractivity (Wildman–Crippen MR) is 113 cm³/mol. The first kappa shape index (κ1) is 20.5. The van der Waals surface area contributed by atoms with E-state index in [0.717, 1.165) is 6.42 Å². The second kappa shape index (κ2) is 8.40. The Bertz CT molecular complexity index is 1200. The number of rotatable bonds is 5. The Morgan fingerprint density at radius 3 is 2.45 bits per heavy atom. The van der Waals surface area contributed by atoms with E-state index in [1.807, 2.05) is 13.8 Å². The van der Waals surface area contributed by atoms with Crippen LogP contribution in [0.4, 0.5) is 0 Å². The Morgan fingerprint density at radius 2 is 1.83 bits per heavy atom. The lowest BCUT2D eigenvalue weighted by Crippen LogP contribution is -2.31. The molecular weight excluding hydrogens is 390 g/mol. The number of methoxy groups -OCH3 is 1.